The molecule has 3 aromatic heterocycles. The van der Waals surface area contributed by atoms with Gasteiger partial charge in [0.2, 0.25) is 0 Å². The van der Waals surface area contributed by atoms with E-state index in [4.69, 9.17) is 0 Å². The second-order valence-corrected chi connectivity index (χ2v) is 8.08. The van der Waals surface area contributed by atoms with E-state index in [0.717, 1.165) is 44.7 Å². The number of nitrogens with zero attached hydrogens (tertiary/aromatic N) is 5. The van der Waals surface area contributed by atoms with Crippen LogP contribution in [0, 0.1) is 20.8 Å². The SMILES string of the molecule is Cc1cc(C(C)C)c2cc(-c3cnc(-c4cnc(C)nc4C)nc3)n(C)c(=O)c2c1. The van der Waals surface area contributed by atoms with Crippen molar-refractivity contribution in [2.75, 3.05) is 0 Å². The van der Waals surface area contributed by atoms with Crippen LogP contribution in [0.3, 0.4) is 0 Å². The molecule has 30 heavy (non-hydrogen) atoms. The zero-order valence-electron chi connectivity index (χ0n) is 18.2. The molecule has 0 saturated heterocycles. The van der Waals surface area contributed by atoms with Gasteiger partial charge in [0, 0.05) is 36.6 Å². The number of pyridine rings is 1. The molecule has 6 heteroatoms. The third-order valence-corrected chi connectivity index (χ3v) is 5.44. The van der Waals surface area contributed by atoms with Crippen molar-refractivity contribution in [3.05, 3.63) is 69.8 Å². The number of rotatable bonds is 3. The summed E-state index contributed by atoms with van der Waals surface area (Å²) in [6.45, 7) is 10.1. The molecule has 152 valence electrons. The second kappa shape index (κ2) is 7.44. The number of hydrogen-bond acceptors (Lipinski definition) is 5. The lowest BCUT2D eigenvalue weighted by molar-refractivity contribution is 0.863. The maximum Gasteiger partial charge on any atom is 0.258 e. The molecule has 0 aliphatic rings. The van der Waals surface area contributed by atoms with Crippen molar-refractivity contribution in [2.45, 2.75) is 40.5 Å². The average molecular weight is 399 g/mol. The van der Waals surface area contributed by atoms with Gasteiger partial charge in [-0.2, -0.15) is 0 Å². The first-order chi connectivity index (χ1) is 14.3. The van der Waals surface area contributed by atoms with E-state index >= 15 is 0 Å². The lowest BCUT2D eigenvalue weighted by atomic mass is 9.93. The Kier molecular flexibility index (Phi) is 4.94. The van der Waals surface area contributed by atoms with Gasteiger partial charge in [0.05, 0.1) is 17.0 Å². The number of fused-ring (bicyclic) bond motifs is 1. The molecule has 4 rings (SSSR count). The van der Waals surface area contributed by atoms with Crippen molar-refractivity contribution in [3.8, 4) is 22.6 Å². The zero-order chi connectivity index (χ0) is 21.6. The molecule has 0 amide bonds. The molecule has 0 aliphatic carbocycles. The first-order valence-corrected chi connectivity index (χ1v) is 10.0. The topological polar surface area (TPSA) is 73.6 Å². The van der Waals surface area contributed by atoms with Gasteiger partial charge in [0.25, 0.3) is 5.56 Å². The minimum atomic E-state index is -0.0139. The molecule has 0 atom stereocenters. The van der Waals surface area contributed by atoms with Crippen molar-refractivity contribution < 1.29 is 0 Å². The molecule has 0 fully saturated rings. The fourth-order valence-electron chi connectivity index (χ4n) is 3.84. The van der Waals surface area contributed by atoms with E-state index in [-0.39, 0.29) is 5.56 Å². The van der Waals surface area contributed by atoms with Crippen LogP contribution in [0.15, 0.2) is 41.6 Å². The van der Waals surface area contributed by atoms with Gasteiger partial charge in [-0.05, 0) is 49.8 Å². The summed E-state index contributed by atoms with van der Waals surface area (Å²) < 4.78 is 1.67. The van der Waals surface area contributed by atoms with Crippen molar-refractivity contribution in [2.24, 2.45) is 7.05 Å². The molecule has 0 aliphatic heterocycles. The van der Waals surface area contributed by atoms with Gasteiger partial charge in [-0.25, -0.2) is 19.9 Å². The van der Waals surface area contributed by atoms with Gasteiger partial charge in [0.15, 0.2) is 5.82 Å². The summed E-state index contributed by atoms with van der Waals surface area (Å²) in [7, 11) is 1.79. The van der Waals surface area contributed by atoms with Crippen molar-refractivity contribution in [1.29, 1.82) is 0 Å². The van der Waals surface area contributed by atoms with E-state index in [2.05, 4.69) is 45.9 Å². The van der Waals surface area contributed by atoms with Crippen LogP contribution in [0.4, 0.5) is 0 Å². The Bertz CT molecular complexity index is 1320. The standard InChI is InChI=1S/C24H25N5O/c1-13(2)18-7-14(3)8-20-19(18)9-22(29(6)24(20)30)17-10-26-23(27-11-17)21-12-25-16(5)28-15(21)4/h7-13H,1-6H3. The minimum Gasteiger partial charge on any atom is -0.311 e. The smallest absolute Gasteiger partial charge is 0.258 e. The summed E-state index contributed by atoms with van der Waals surface area (Å²) in [6.07, 6.45) is 5.26. The summed E-state index contributed by atoms with van der Waals surface area (Å²) in [4.78, 5) is 30.8. The van der Waals surface area contributed by atoms with E-state index in [1.807, 2.05) is 26.8 Å². The lowest BCUT2D eigenvalue weighted by Gasteiger charge is -2.15. The Hall–Kier alpha value is -3.41. The highest BCUT2D eigenvalue weighted by atomic mass is 16.1. The normalized spacial score (nSPS) is 11.4. The summed E-state index contributed by atoms with van der Waals surface area (Å²) in [5.74, 6) is 1.60. The molecule has 1 aromatic carbocycles. The summed E-state index contributed by atoms with van der Waals surface area (Å²) in [5, 5.41) is 1.73. The Morgan fingerprint density at radius 1 is 0.900 bits per heavy atom. The summed E-state index contributed by atoms with van der Waals surface area (Å²) >= 11 is 0. The van der Waals surface area contributed by atoms with Gasteiger partial charge < -0.3 is 4.57 Å². The molecule has 0 radical (unpaired) electrons. The van der Waals surface area contributed by atoms with Gasteiger partial charge in [-0.3, -0.25) is 4.79 Å². The highest BCUT2D eigenvalue weighted by Gasteiger charge is 2.15. The van der Waals surface area contributed by atoms with E-state index in [1.54, 1.807) is 30.2 Å². The molecule has 0 N–H and O–H groups in total. The van der Waals surface area contributed by atoms with E-state index in [0.29, 0.717) is 11.7 Å². The van der Waals surface area contributed by atoms with Crippen LogP contribution in [-0.4, -0.2) is 24.5 Å². The fraction of sp³-hybridized carbons (Fsp3) is 0.292. The summed E-state index contributed by atoms with van der Waals surface area (Å²) in [5.41, 5.74) is 5.48. The lowest BCUT2D eigenvalue weighted by Crippen LogP contribution is -2.19. The predicted molar refractivity (Wildman–Crippen MR) is 120 cm³/mol. The molecule has 0 bridgehead atoms. The van der Waals surface area contributed by atoms with Gasteiger partial charge >= 0.3 is 0 Å². The largest absolute Gasteiger partial charge is 0.311 e. The van der Waals surface area contributed by atoms with Crippen molar-refractivity contribution >= 4 is 10.8 Å². The van der Waals surface area contributed by atoms with Crippen LogP contribution >= 0.6 is 0 Å². The van der Waals surface area contributed by atoms with Crippen molar-refractivity contribution in [1.82, 2.24) is 24.5 Å². The first kappa shape index (κ1) is 19.9. The first-order valence-electron chi connectivity index (χ1n) is 10.0. The fourth-order valence-corrected chi connectivity index (χ4v) is 3.84. The van der Waals surface area contributed by atoms with E-state index in [1.165, 1.54) is 5.56 Å². The highest BCUT2D eigenvalue weighted by Crippen LogP contribution is 2.29. The highest BCUT2D eigenvalue weighted by molar-refractivity contribution is 5.89. The molecule has 4 aromatic rings. The Morgan fingerprint density at radius 3 is 2.23 bits per heavy atom. The van der Waals surface area contributed by atoms with Crippen LogP contribution in [0.2, 0.25) is 0 Å². The van der Waals surface area contributed by atoms with E-state index in [9.17, 15) is 4.79 Å². The zero-order valence-corrected chi connectivity index (χ0v) is 18.2. The van der Waals surface area contributed by atoms with Crippen LogP contribution in [0.1, 0.15) is 42.4 Å². The molecule has 0 saturated carbocycles. The Labute approximate surface area is 175 Å². The Balaban J connectivity index is 1.87. The third-order valence-electron chi connectivity index (χ3n) is 5.44. The molecule has 0 unspecified atom stereocenters. The van der Waals surface area contributed by atoms with Gasteiger partial charge in [-0.1, -0.05) is 25.5 Å². The number of benzene rings is 1. The maximum atomic E-state index is 13.1. The number of hydrogen-bond donors (Lipinski definition) is 0. The van der Waals surface area contributed by atoms with Gasteiger partial charge in [-0.15, -0.1) is 0 Å². The molecule has 3 heterocycles. The summed E-state index contributed by atoms with van der Waals surface area (Å²) in [6, 6.07) is 6.20. The average Bonchev–Trinajstić information content (AvgIpc) is 2.71. The molecular formula is C24H25N5O. The predicted octanol–water partition coefficient (Wildman–Crippen LogP) is 4.50. The van der Waals surface area contributed by atoms with Crippen LogP contribution in [0.25, 0.3) is 33.4 Å². The number of aromatic nitrogens is 5. The van der Waals surface area contributed by atoms with Crippen LogP contribution in [-0.2, 0) is 7.05 Å². The molecular weight excluding hydrogens is 374 g/mol. The Morgan fingerprint density at radius 2 is 1.60 bits per heavy atom. The van der Waals surface area contributed by atoms with Crippen LogP contribution < -0.4 is 5.56 Å². The van der Waals surface area contributed by atoms with Crippen LogP contribution in [0.5, 0.6) is 0 Å². The van der Waals surface area contributed by atoms with Gasteiger partial charge in [0.1, 0.15) is 5.82 Å². The van der Waals surface area contributed by atoms with Crippen molar-refractivity contribution in [3.63, 3.8) is 0 Å². The quantitative estimate of drug-likeness (QED) is 0.507. The van der Waals surface area contributed by atoms with E-state index < -0.39 is 0 Å². The molecule has 6 nitrogen and oxygen atoms in total. The maximum absolute atomic E-state index is 13.1. The number of aryl methyl sites for hydroxylation is 3. The molecule has 0 spiro atoms. The minimum absolute atomic E-state index is 0.0139. The third kappa shape index (κ3) is 3.38. The second-order valence-electron chi connectivity index (χ2n) is 8.08. The monoisotopic (exact) mass is 399 g/mol.